The number of carbonyl (C=O) groups is 1. The van der Waals surface area contributed by atoms with Crippen LogP contribution in [0.15, 0.2) is 11.4 Å². The smallest absolute Gasteiger partial charge is 0.273 e. The first-order valence-corrected chi connectivity index (χ1v) is 11.0. The Hall–Kier alpha value is -2.57. The first-order chi connectivity index (χ1) is 14.1. The largest absolute Gasteiger partial charge is 0.337 e. The molecule has 1 N–H and O–H groups in total. The molecule has 152 valence electrons. The molecule has 0 spiro atoms. The Labute approximate surface area is 174 Å². The number of carbonyl (C=O) groups excluding carboxylic acids is 1. The van der Waals surface area contributed by atoms with Gasteiger partial charge in [0.25, 0.3) is 5.91 Å². The van der Waals surface area contributed by atoms with Crippen molar-refractivity contribution in [1.82, 2.24) is 24.8 Å². The zero-order chi connectivity index (χ0) is 20.2. The number of amides is 1. The number of thiazole rings is 1. The number of aryl methyl sites for hydroxylation is 1. The Kier molecular flexibility index (Phi) is 6.02. The summed E-state index contributed by atoms with van der Waals surface area (Å²) in [4.78, 5) is 30.1. The van der Waals surface area contributed by atoms with E-state index >= 15 is 0 Å². The van der Waals surface area contributed by atoms with Crippen molar-refractivity contribution in [3.8, 4) is 6.07 Å². The summed E-state index contributed by atoms with van der Waals surface area (Å²) < 4.78 is 0. The number of anilines is 2. The summed E-state index contributed by atoms with van der Waals surface area (Å²) in [7, 11) is 0. The van der Waals surface area contributed by atoms with E-state index in [0.717, 1.165) is 57.6 Å². The maximum Gasteiger partial charge on any atom is 0.273 e. The predicted octanol–water partition coefficient (Wildman–Crippen LogP) is 2.92. The third kappa shape index (κ3) is 4.71. The molecule has 9 heteroatoms. The standard InChI is InChI=1S/C20H25N7OS/c1-14-22-16(15-5-4-7-26(12-15)10-6-21)11-18(23-14)25-20-24-17(13-29-20)19(28)27-8-2-3-9-27/h11,13,15H,2-5,7-10,12H2,1H3,(H,22,23,24,25). The van der Waals surface area contributed by atoms with Crippen molar-refractivity contribution in [2.75, 3.05) is 38.0 Å². The van der Waals surface area contributed by atoms with Gasteiger partial charge in [-0.1, -0.05) is 0 Å². The molecule has 0 radical (unpaired) electrons. The van der Waals surface area contributed by atoms with E-state index in [9.17, 15) is 4.79 Å². The summed E-state index contributed by atoms with van der Waals surface area (Å²) in [5.41, 5.74) is 1.48. The Bertz CT molecular complexity index is 916. The van der Waals surface area contributed by atoms with Gasteiger partial charge in [0.05, 0.1) is 18.3 Å². The van der Waals surface area contributed by atoms with Crippen LogP contribution in [0.5, 0.6) is 0 Å². The van der Waals surface area contributed by atoms with Crippen LogP contribution in [-0.4, -0.2) is 63.4 Å². The molecule has 2 aliphatic heterocycles. The minimum absolute atomic E-state index is 0.00569. The van der Waals surface area contributed by atoms with Gasteiger partial charge in [0.15, 0.2) is 5.13 Å². The molecule has 29 heavy (non-hydrogen) atoms. The van der Waals surface area contributed by atoms with Crippen molar-refractivity contribution < 1.29 is 4.79 Å². The molecule has 4 rings (SSSR count). The van der Waals surface area contributed by atoms with E-state index in [1.807, 2.05) is 17.9 Å². The highest BCUT2D eigenvalue weighted by atomic mass is 32.1. The summed E-state index contributed by atoms with van der Waals surface area (Å²) >= 11 is 1.41. The lowest BCUT2D eigenvalue weighted by atomic mass is 9.94. The lowest BCUT2D eigenvalue weighted by Crippen LogP contribution is -2.35. The van der Waals surface area contributed by atoms with Crippen molar-refractivity contribution in [2.24, 2.45) is 0 Å². The fraction of sp³-hybridized carbons (Fsp3) is 0.550. The summed E-state index contributed by atoms with van der Waals surface area (Å²) in [5, 5.41) is 14.7. The lowest BCUT2D eigenvalue weighted by molar-refractivity contribution is 0.0788. The van der Waals surface area contributed by atoms with Crippen LogP contribution >= 0.6 is 11.3 Å². The molecule has 1 atom stereocenters. The van der Waals surface area contributed by atoms with Crippen LogP contribution in [0, 0.1) is 18.3 Å². The molecule has 8 nitrogen and oxygen atoms in total. The van der Waals surface area contributed by atoms with Gasteiger partial charge in [-0.25, -0.2) is 15.0 Å². The van der Waals surface area contributed by atoms with Gasteiger partial charge in [0.1, 0.15) is 17.3 Å². The van der Waals surface area contributed by atoms with Gasteiger partial charge in [-0.15, -0.1) is 11.3 Å². The summed E-state index contributed by atoms with van der Waals surface area (Å²) in [6.07, 6.45) is 4.25. The van der Waals surface area contributed by atoms with Crippen molar-refractivity contribution >= 4 is 28.2 Å². The number of piperidine rings is 1. The Morgan fingerprint density at radius 2 is 2.10 bits per heavy atom. The molecule has 1 amide bonds. The molecule has 0 saturated carbocycles. The summed E-state index contributed by atoms with van der Waals surface area (Å²) in [5.74, 6) is 1.70. The van der Waals surface area contributed by atoms with Gasteiger partial charge in [-0.3, -0.25) is 9.69 Å². The Morgan fingerprint density at radius 3 is 2.90 bits per heavy atom. The number of aromatic nitrogens is 3. The number of likely N-dealkylation sites (tertiary alicyclic amines) is 2. The SMILES string of the molecule is Cc1nc(Nc2nc(C(=O)N3CCCC3)cs2)cc(C2CCCN(CC#N)C2)n1. The first-order valence-electron chi connectivity index (χ1n) is 10.1. The number of rotatable bonds is 5. The molecule has 0 aliphatic carbocycles. The molecule has 0 aromatic carbocycles. The number of hydrogen-bond donors (Lipinski definition) is 1. The fourth-order valence-corrected chi connectivity index (χ4v) is 4.72. The minimum Gasteiger partial charge on any atom is -0.337 e. The van der Waals surface area contributed by atoms with Crippen LogP contribution in [0.4, 0.5) is 10.9 Å². The normalized spacial score (nSPS) is 19.9. The zero-order valence-corrected chi connectivity index (χ0v) is 17.4. The van der Waals surface area contributed by atoms with Crippen LogP contribution in [0.3, 0.4) is 0 Å². The topological polar surface area (TPSA) is 98.0 Å². The Balaban J connectivity index is 1.47. The fourth-order valence-electron chi connectivity index (χ4n) is 4.03. The van der Waals surface area contributed by atoms with Crippen molar-refractivity contribution in [1.29, 1.82) is 5.26 Å². The van der Waals surface area contributed by atoms with E-state index in [1.54, 1.807) is 5.38 Å². The highest BCUT2D eigenvalue weighted by Gasteiger charge is 2.24. The number of nitrogens with one attached hydrogen (secondary N) is 1. The highest BCUT2D eigenvalue weighted by Crippen LogP contribution is 2.28. The van der Waals surface area contributed by atoms with Crippen LogP contribution in [-0.2, 0) is 0 Å². The quantitative estimate of drug-likeness (QED) is 0.755. The van der Waals surface area contributed by atoms with Crippen molar-refractivity contribution in [3.05, 3.63) is 28.7 Å². The van der Waals surface area contributed by atoms with Gasteiger partial charge in [0, 0.05) is 37.0 Å². The van der Waals surface area contributed by atoms with Crippen LogP contribution in [0.2, 0.25) is 0 Å². The molecule has 0 bridgehead atoms. The second-order valence-corrected chi connectivity index (χ2v) is 8.48. The summed E-state index contributed by atoms with van der Waals surface area (Å²) in [6.45, 7) is 5.78. The van der Waals surface area contributed by atoms with Crippen molar-refractivity contribution in [2.45, 2.75) is 38.5 Å². The number of hydrogen-bond acceptors (Lipinski definition) is 8. The molecule has 2 aromatic heterocycles. The molecular formula is C20H25N7OS. The zero-order valence-electron chi connectivity index (χ0n) is 16.6. The van der Waals surface area contributed by atoms with E-state index in [-0.39, 0.29) is 5.91 Å². The third-order valence-corrected chi connectivity index (χ3v) is 6.19. The molecule has 2 aromatic rings. The minimum atomic E-state index is 0.00569. The average Bonchev–Trinajstić information content (AvgIpc) is 3.40. The molecule has 2 aliphatic rings. The second-order valence-electron chi connectivity index (χ2n) is 7.62. The van der Waals surface area contributed by atoms with Gasteiger partial charge >= 0.3 is 0 Å². The highest BCUT2D eigenvalue weighted by molar-refractivity contribution is 7.14. The van der Waals surface area contributed by atoms with E-state index in [2.05, 4.69) is 31.2 Å². The predicted molar refractivity (Wildman–Crippen MR) is 111 cm³/mol. The lowest BCUT2D eigenvalue weighted by Gasteiger charge is -2.30. The van der Waals surface area contributed by atoms with Gasteiger partial charge < -0.3 is 10.2 Å². The molecule has 2 saturated heterocycles. The number of nitriles is 1. The monoisotopic (exact) mass is 411 g/mol. The average molecular weight is 412 g/mol. The first kappa shape index (κ1) is 19.7. The molecule has 2 fully saturated rings. The van der Waals surface area contributed by atoms with Crippen LogP contribution in [0.25, 0.3) is 0 Å². The van der Waals surface area contributed by atoms with E-state index in [4.69, 9.17) is 5.26 Å². The van der Waals surface area contributed by atoms with E-state index in [0.29, 0.717) is 34.9 Å². The Morgan fingerprint density at radius 1 is 1.28 bits per heavy atom. The summed E-state index contributed by atoms with van der Waals surface area (Å²) in [6, 6.07) is 4.21. The molecule has 4 heterocycles. The van der Waals surface area contributed by atoms with Crippen LogP contribution in [0.1, 0.15) is 53.6 Å². The van der Waals surface area contributed by atoms with Gasteiger partial charge in [-0.05, 0) is 39.2 Å². The van der Waals surface area contributed by atoms with E-state index in [1.165, 1.54) is 11.3 Å². The maximum absolute atomic E-state index is 12.5. The van der Waals surface area contributed by atoms with Gasteiger partial charge in [-0.2, -0.15) is 5.26 Å². The molecular weight excluding hydrogens is 386 g/mol. The van der Waals surface area contributed by atoms with E-state index < -0.39 is 0 Å². The van der Waals surface area contributed by atoms with Gasteiger partial charge in [0.2, 0.25) is 0 Å². The third-order valence-electron chi connectivity index (χ3n) is 5.43. The molecule has 1 unspecified atom stereocenters. The maximum atomic E-state index is 12.5. The number of nitrogens with zero attached hydrogens (tertiary/aromatic N) is 6. The van der Waals surface area contributed by atoms with Crippen LogP contribution < -0.4 is 5.32 Å². The second kappa shape index (κ2) is 8.84. The van der Waals surface area contributed by atoms with Crippen molar-refractivity contribution in [3.63, 3.8) is 0 Å².